The molecular formula is C14H15FN4O. The van der Waals surface area contributed by atoms with E-state index in [1.165, 1.54) is 24.5 Å². The molecule has 0 spiro atoms. The smallest absolute Gasteiger partial charge is 0.244 e. The quantitative estimate of drug-likeness (QED) is 0.622. The van der Waals surface area contributed by atoms with Crippen LogP contribution in [0, 0.1) is 5.82 Å². The molecule has 0 aliphatic rings. The molecule has 5 nitrogen and oxygen atoms in total. The number of aromatic amines is 1. The van der Waals surface area contributed by atoms with Crippen molar-refractivity contribution in [3.8, 4) is 0 Å². The number of nitrogens with one attached hydrogen (secondary N) is 2. The number of hydrogen-bond acceptors (Lipinski definition) is 3. The van der Waals surface area contributed by atoms with E-state index >= 15 is 0 Å². The van der Waals surface area contributed by atoms with Crippen LogP contribution in [0.25, 0.3) is 6.08 Å². The highest BCUT2D eigenvalue weighted by Crippen LogP contribution is 2.07. The van der Waals surface area contributed by atoms with Crippen LogP contribution in [0.15, 0.2) is 36.7 Å². The predicted molar refractivity (Wildman–Crippen MR) is 73.1 cm³/mol. The Bertz CT molecular complexity index is 581. The molecular weight excluding hydrogens is 259 g/mol. The molecule has 0 unspecified atom stereocenters. The summed E-state index contributed by atoms with van der Waals surface area (Å²) in [6.07, 6.45) is 5.71. The predicted octanol–water partition coefficient (Wildman–Crippen LogP) is 1.71. The molecule has 1 amide bonds. The lowest BCUT2D eigenvalue weighted by Crippen LogP contribution is -2.22. The van der Waals surface area contributed by atoms with Crippen LogP contribution in [-0.4, -0.2) is 27.6 Å². The number of aryl methyl sites for hydroxylation is 1. The monoisotopic (exact) mass is 274 g/mol. The molecule has 0 radical (unpaired) electrons. The highest BCUT2D eigenvalue weighted by atomic mass is 19.1. The van der Waals surface area contributed by atoms with E-state index in [0.717, 1.165) is 18.7 Å². The van der Waals surface area contributed by atoms with Crippen molar-refractivity contribution in [2.45, 2.75) is 12.8 Å². The Morgan fingerprint density at radius 2 is 2.25 bits per heavy atom. The number of carbonyl (C=O) groups is 1. The third kappa shape index (κ3) is 4.31. The maximum absolute atomic E-state index is 13.3. The standard InChI is InChI=1S/C14H15FN4O/c15-12-5-2-1-4-11(12)7-8-14(20)16-9-3-6-13-17-10-18-19-13/h1-2,4-5,7-8,10H,3,6,9H2,(H,16,20)(H,17,18,19). The maximum atomic E-state index is 13.3. The first-order valence-electron chi connectivity index (χ1n) is 6.30. The lowest BCUT2D eigenvalue weighted by molar-refractivity contribution is -0.116. The van der Waals surface area contributed by atoms with E-state index in [1.54, 1.807) is 18.2 Å². The van der Waals surface area contributed by atoms with E-state index in [-0.39, 0.29) is 11.7 Å². The number of nitrogens with zero attached hydrogens (tertiary/aromatic N) is 2. The Labute approximate surface area is 115 Å². The van der Waals surface area contributed by atoms with Crippen LogP contribution in [0.1, 0.15) is 17.8 Å². The van der Waals surface area contributed by atoms with E-state index in [9.17, 15) is 9.18 Å². The van der Waals surface area contributed by atoms with Gasteiger partial charge < -0.3 is 5.32 Å². The van der Waals surface area contributed by atoms with Gasteiger partial charge in [-0.1, -0.05) is 18.2 Å². The first kappa shape index (κ1) is 13.9. The molecule has 2 N–H and O–H groups in total. The second kappa shape index (κ2) is 7.18. The zero-order valence-corrected chi connectivity index (χ0v) is 10.8. The topological polar surface area (TPSA) is 70.7 Å². The highest BCUT2D eigenvalue weighted by molar-refractivity contribution is 5.91. The number of H-pyrrole nitrogens is 1. The fraction of sp³-hybridized carbons (Fsp3) is 0.214. The van der Waals surface area contributed by atoms with Crippen molar-refractivity contribution >= 4 is 12.0 Å². The van der Waals surface area contributed by atoms with E-state index in [4.69, 9.17) is 0 Å². The van der Waals surface area contributed by atoms with Gasteiger partial charge in [-0.15, -0.1) is 0 Å². The Kier molecular flexibility index (Phi) is 5.00. The third-order valence-corrected chi connectivity index (χ3v) is 2.67. The summed E-state index contributed by atoms with van der Waals surface area (Å²) in [6.45, 7) is 0.529. The molecule has 1 heterocycles. The zero-order chi connectivity index (χ0) is 14.2. The van der Waals surface area contributed by atoms with Crippen LogP contribution >= 0.6 is 0 Å². The van der Waals surface area contributed by atoms with Gasteiger partial charge in [0.25, 0.3) is 0 Å². The van der Waals surface area contributed by atoms with E-state index in [0.29, 0.717) is 12.1 Å². The van der Waals surface area contributed by atoms with Gasteiger partial charge in [-0.2, -0.15) is 5.10 Å². The van der Waals surface area contributed by atoms with Crippen LogP contribution in [0.4, 0.5) is 4.39 Å². The van der Waals surface area contributed by atoms with Gasteiger partial charge in [0.15, 0.2) is 0 Å². The van der Waals surface area contributed by atoms with Gasteiger partial charge in [-0.05, 0) is 18.6 Å². The van der Waals surface area contributed by atoms with Crippen molar-refractivity contribution < 1.29 is 9.18 Å². The summed E-state index contributed by atoms with van der Waals surface area (Å²) in [5.74, 6) is 0.203. The Morgan fingerprint density at radius 1 is 1.40 bits per heavy atom. The molecule has 0 saturated heterocycles. The van der Waals surface area contributed by atoms with Crippen molar-refractivity contribution in [2.75, 3.05) is 6.54 Å². The molecule has 0 saturated carbocycles. The number of halogens is 1. The zero-order valence-electron chi connectivity index (χ0n) is 10.8. The van der Waals surface area contributed by atoms with Crippen LogP contribution in [-0.2, 0) is 11.2 Å². The fourth-order valence-corrected chi connectivity index (χ4v) is 1.65. The van der Waals surface area contributed by atoms with Gasteiger partial charge in [-0.3, -0.25) is 9.89 Å². The summed E-state index contributed by atoms with van der Waals surface area (Å²) < 4.78 is 13.3. The molecule has 0 aliphatic carbocycles. The number of carbonyl (C=O) groups excluding carboxylic acids is 1. The lowest BCUT2D eigenvalue weighted by Gasteiger charge is -2.00. The van der Waals surface area contributed by atoms with Gasteiger partial charge >= 0.3 is 0 Å². The maximum Gasteiger partial charge on any atom is 0.244 e. The van der Waals surface area contributed by atoms with Crippen molar-refractivity contribution in [1.29, 1.82) is 0 Å². The number of benzene rings is 1. The lowest BCUT2D eigenvalue weighted by atomic mass is 10.2. The van der Waals surface area contributed by atoms with E-state index in [1.807, 2.05) is 0 Å². The largest absolute Gasteiger partial charge is 0.353 e. The normalized spacial score (nSPS) is 10.8. The molecule has 104 valence electrons. The van der Waals surface area contributed by atoms with E-state index < -0.39 is 0 Å². The summed E-state index contributed by atoms with van der Waals surface area (Å²) in [5, 5.41) is 9.21. The molecule has 0 bridgehead atoms. The number of hydrogen-bond donors (Lipinski definition) is 2. The molecule has 0 aliphatic heterocycles. The van der Waals surface area contributed by atoms with Gasteiger partial charge in [0.2, 0.25) is 5.91 Å². The molecule has 0 fully saturated rings. The van der Waals surface area contributed by atoms with Gasteiger partial charge in [-0.25, -0.2) is 9.37 Å². The summed E-state index contributed by atoms with van der Waals surface area (Å²) in [4.78, 5) is 15.5. The Hall–Kier alpha value is -2.50. The Morgan fingerprint density at radius 3 is 3.00 bits per heavy atom. The first-order chi connectivity index (χ1) is 9.75. The van der Waals surface area contributed by atoms with Crippen LogP contribution in [0.5, 0.6) is 0 Å². The summed E-state index contributed by atoms with van der Waals surface area (Å²) in [5.41, 5.74) is 0.393. The molecule has 0 atom stereocenters. The highest BCUT2D eigenvalue weighted by Gasteiger charge is 1.99. The minimum absolute atomic E-state index is 0.245. The van der Waals surface area contributed by atoms with E-state index in [2.05, 4.69) is 20.5 Å². The SMILES string of the molecule is O=C(C=Cc1ccccc1F)NCCCc1ncn[nH]1. The molecule has 6 heteroatoms. The first-order valence-corrected chi connectivity index (χ1v) is 6.30. The minimum atomic E-state index is -0.345. The second-order valence-corrected chi connectivity index (χ2v) is 4.18. The van der Waals surface area contributed by atoms with Crippen molar-refractivity contribution in [3.05, 3.63) is 53.9 Å². The average molecular weight is 274 g/mol. The fourth-order valence-electron chi connectivity index (χ4n) is 1.65. The number of rotatable bonds is 6. The average Bonchev–Trinajstić information content (AvgIpc) is 2.96. The van der Waals surface area contributed by atoms with Crippen molar-refractivity contribution in [2.24, 2.45) is 0 Å². The van der Waals surface area contributed by atoms with Crippen LogP contribution in [0.2, 0.25) is 0 Å². The number of aromatic nitrogens is 3. The minimum Gasteiger partial charge on any atom is -0.353 e. The van der Waals surface area contributed by atoms with Crippen LogP contribution in [0.3, 0.4) is 0 Å². The van der Waals surface area contributed by atoms with Gasteiger partial charge in [0, 0.05) is 24.6 Å². The van der Waals surface area contributed by atoms with Crippen molar-refractivity contribution in [1.82, 2.24) is 20.5 Å². The Balaban J connectivity index is 1.71. The second-order valence-electron chi connectivity index (χ2n) is 4.18. The summed E-state index contributed by atoms with van der Waals surface area (Å²) >= 11 is 0. The molecule has 20 heavy (non-hydrogen) atoms. The van der Waals surface area contributed by atoms with Gasteiger partial charge in [0.05, 0.1) is 0 Å². The molecule has 1 aromatic carbocycles. The molecule has 2 rings (SSSR count). The number of amides is 1. The molecule has 1 aromatic heterocycles. The summed E-state index contributed by atoms with van der Waals surface area (Å²) in [6, 6.07) is 6.30. The third-order valence-electron chi connectivity index (χ3n) is 2.67. The van der Waals surface area contributed by atoms with Gasteiger partial charge in [0.1, 0.15) is 18.0 Å². The summed E-state index contributed by atoms with van der Waals surface area (Å²) in [7, 11) is 0. The molecule has 2 aromatic rings. The van der Waals surface area contributed by atoms with Crippen molar-refractivity contribution in [3.63, 3.8) is 0 Å². The van der Waals surface area contributed by atoms with Crippen LogP contribution < -0.4 is 5.32 Å².